The van der Waals surface area contributed by atoms with Crippen molar-refractivity contribution in [2.45, 2.75) is 13.0 Å². The van der Waals surface area contributed by atoms with Crippen LogP contribution in [0.5, 0.6) is 11.5 Å². The molecule has 32 heavy (non-hydrogen) atoms. The Hall–Kier alpha value is -3.85. The van der Waals surface area contributed by atoms with Gasteiger partial charge in [0.15, 0.2) is 5.82 Å². The molecule has 2 aromatic carbocycles. The van der Waals surface area contributed by atoms with Crippen LogP contribution in [0.15, 0.2) is 54.6 Å². The quantitative estimate of drug-likeness (QED) is 0.379. The van der Waals surface area contributed by atoms with Gasteiger partial charge in [0.05, 0.1) is 30.9 Å². The van der Waals surface area contributed by atoms with Crippen LogP contribution in [0.4, 0.5) is 5.82 Å². The molecule has 0 saturated heterocycles. The number of hydrogen-bond acceptors (Lipinski definition) is 6. The van der Waals surface area contributed by atoms with Crippen molar-refractivity contribution in [2.24, 2.45) is 0 Å². The van der Waals surface area contributed by atoms with E-state index in [2.05, 4.69) is 20.8 Å². The third kappa shape index (κ3) is 4.73. The summed E-state index contributed by atoms with van der Waals surface area (Å²) in [5.41, 5.74) is 1.72. The molecule has 2 heterocycles. The number of anilines is 1. The minimum absolute atomic E-state index is 0.149. The lowest BCUT2D eigenvalue weighted by molar-refractivity contribution is -0.115. The summed E-state index contributed by atoms with van der Waals surface area (Å²) in [7, 11) is 3.17. The highest BCUT2D eigenvalue weighted by molar-refractivity contribution is 7.20. The number of benzene rings is 2. The van der Waals surface area contributed by atoms with E-state index in [1.54, 1.807) is 20.3 Å². The topological polar surface area (TPSA) is 105 Å². The number of hydrogen-bond donors (Lipinski definition) is 3. The van der Waals surface area contributed by atoms with Gasteiger partial charge in [0, 0.05) is 12.1 Å². The van der Waals surface area contributed by atoms with E-state index < -0.39 is 0 Å². The molecule has 0 bridgehead atoms. The van der Waals surface area contributed by atoms with Gasteiger partial charge in [-0.3, -0.25) is 14.7 Å². The molecule has 0 aliphatic carbocycles. The molecule has 8 nitrogen and oxygen atoms in total. The fourth-order valence-electron chi connectivity index (χ4n) is 3.27. The number of carbonyl (C=O) groups is 2. The van der Waals surface area contributed by atoms with Gasteiger partial charge in [-0.15, -0.1) is 11.3 Å². The predicted molar refractivity (Wildman–Crippen MR) is 123 cm³/mol. The molecule has 9 heteroatoms. The van der Waals surface area contributed by atoms with Crippen LogP contribution >= 0.6 is 11.3 Å². The monoisotopic (exact) mass is 450 g/mol. The lowest BCUT2D eigenvalue weighted by Crippen LogP contribution is -2.21. The number of para-hydroxylation sites is 1. The first-order chi connectivity index (χ1) is 15.6. The Balaban J connectivity index is 1.42. The molecule has 2 amide bonds. The second-order valence-electron chi connectivity index (χ2n) is 7.00. The highest BCUT2D eigenvalue weighted by Crippen LogP contribution is 2.29. The van der Waals surface area contributed by atoms with Crippen LogP contribution in [0.1, 0.15) is 20.8 Å². The zero-order valence-corrected chi connectivity index (χ0v) is 18.4. The van der Waals surface area contributed by atoms with Crippen molar-refractivity contribution in [3.63, 3.8) is 0 Å². The SMILES string of the molecule is COc1cccc(CNC(=O)c2cc3c(NC(=O)Cc4ccccc4OC)n[nH]c3s2)c1. The molecule has 3 N–H and O–H groups in total. The number of nitrogens with zero attached hydrogens (tertiary/aromatic N) is 1. The van der Waals surface area contributed by atoms with E-state index >= 15 is 0 Å². The number of nitrogens with one attached hydrogen (secondary N) is 3. The first-order valence-electron chi connectivity index (χ1n) is 9.88. The maximum Gasteiger partial charge on any atom is 0.261 e. The third-order valence-electron chi connectivity index (χ3n) is 4.87. The van der Waals surface area contributed by atoms with Gasteiger partial charge in [0.1, 0.15) is 16.3 Å². The van der Waals surface area contributed by atoms with Crippen LogP contribution in [0.2, 0.25) is 0 Å². The van der Waals surface area contributed by atoms with Crippen molar-refractivity contribution < 1.29 is 19.1 Å². The number of H-pyrrole nitrogens is 1. The Morgan fingerprint density at radius 2 is 1.91 bits per heavy atom. The number of amides is 2. The van der Waals surface area contributed by atoms with E-state index in [9.17, 15) is 9.59 Å². The van der Waals surface area contributed by atoms with E-state index in [1.807, 2.05) is 48.5 Å². The van der Waals surface area contributed by atoms with Crippen LogP contribution in [0, 0.1) is 0 Å². The smallest absolute Gasteiger partial charge is 0.261 e. The zero-order chi connectivity index (χ0) is 22.5. The van der Waals surface area contributed by atoms with Crippen LogP contribution in [-0.2, 0) is 17.8 Å². The van der Waals surface area contributed by atoms with Crippen molar-refractivity contribution in [3.05, 3.63) is 70.6 Å². The summed E-state index contributed by atoms with van der Waals surface area (Å²) >= 11 is 1.28. The van der Waals surface area contributed by atoms with Gasteiger partial charge in [-0.25, -0.2) is 0 Å². The van der Waals surface area contributed by atoms with Crippen LogP contribution in [0.25, 0.3) is 10.2 Å². The Morgan fingerprint density at radius 3 is 2.72 bits per heavy atom. The van der Waals surface area contributed by atoms with Crippen LogP contribution < -0.4 is 20.1 Å². The number of ether oxygens (including phenoxy) is 2. The first kappa shape index (κ1) is 21.4. The molecule has 0 saturated carbocycles. The van der Waals surface area contributed by atoms with E-state index in [0.29, 0.717) is 33.2 Å². The molecule has 0 radical (unpaired) electrons. The molecule has 2 aromatic heterocycles. The minimum atomic E-state index is -0.224. The van der Waals surface area contributed by atoms with Gasteiger partial charge in [-0.2, -0.15) is 5.10 Å². The average Bonchev–Trinajstić information content (AvgIpc) is 3.40. The summed E-state index contributed by atoms with van der Waals surface area (Å²) in [5.74, 6) is 1.36. The summed E-state index contributed by atoms with van der Waals surface area (Å²) in [4.78, 5) is 26.4. The largest absolute Gasteiger partial charge is 0.497 e. The Bertz CT molecular complexity index is 1260. The number of rotatable bonds is 8. The summed E-state index contributed by atoms with van der Waals surface area (Å²) in [6.45, 7) is 0.378. The number of aromatic amines is 1. The second-order valence-corrected chi connectivity index (χ2v) is 8.05. The fourth-order valence-corrected chi connectivity index (χ4v) is 4.19. The molecule has 0 atom stereocenters. The number of fused-ring (bicyclic) bond motifs is 1. The Kier molecular flexibility index (Phi) is 6.37. The lowest BCUT2D eigenvalue weighted by atomic mass is 10.1. The lowest BCUT2D eigenvalue weighted by Gasteiger charge is -2.07. The first-order valence-corrected chi connectivity index (χ1v) is 10.7. The van der Waals surface area contributed by atoms with Gasteiger partial charge < -0.3 is 20.1 Å². The van der Waals surface area contributed by atoms with Gasteiger partial charge in [-0.1, -0.05) is 30.3 Å². The molecule has 4 aromatic rings. The predicted octanol–water partition coefficient (Wildman–Crippen LogP) is 3.75. The number of thiophene rings is 1. The summed E-state index contributed by atoms with van der Waals surface area (Å²) in [5, 5.41) is 13.5. The fraction of sp³-hybridized carbons (Fsp3) is 0.174. The molecular formula is C23H22N4O4S. The number of aromatic nitrogens is 2. The van der Waals surface area contributed by atoms with Crippen LogP contribution in [-0.4, -0.2) is 36.2 Å². The highest BCUT2D eigenvalue weighted by atomic mass is 32.1. The Morgan fingerprint density at radius 1 is 1.06 bits per heavy atom. The molecule has 0 aliphatic rings. The van der Waals surface area contributed by atoms with Gasteiger partial charge in [-0.05, 0) is 29.8 Å². The minimum Gasteiger partial charge on any atom is -0.497 e. The maximum absolute atomic E-state index is 12.6. The van der Waals surface area contributed by atoms with Crippen molar-refractivity contribution in [1.29, 1.82) is 0 Å². The number of carbonyl (C=O) groups excluding carboxylic acids is 2. The van der Waals surface area contributed by atoms with E-state index in [1.165, 1.54) is 11.3 Å². The van der Waals surface area contributed by atoms with E-state index in [0.717, 1.165) is 16.9 Å². The average molecular weight is 451 g/mol. The second kappa shape index (κ2) is 9.52. The third-order valence-corrected chi connectivity index (χ3v) is 5.91. The molecule has 0 spiro atoms. The molecule has 0 unspecified atom stereocenters. The van der Waals surface area contributed by atoms with Crippen molar-refractivity contribution in [2.75, 3.05) is 19.5 Å². The number of methoxy groups -OCH3 is 2. The summed E-state index contributed by atoms with van der Waals surface area (Å²) < 4.78 is 10.5. The molecular weight excluding hydrogens is 428 g/mol. The summed E-state index contributed by atoms with van der Waals surface area (Å²) in [6.07, 6.45) is 0.149. The molecule has 4 rings (SSSR count). The molecule has 0 fully saturated rings. The maximum atomic E-state index is 12.6. The molecule has 164 valence electrons. The van der Waals surface area contributed by atoms with Crippen molar-refractivity contribution >= 4 is 39.2 Å². The standard InChI is InChI=1S/C23H22N4O4S/c1-30-16-8-5-6-14(10-16)13-24-22(29)19-12-17-21(26-27-23(17)32-19)25-20(28)11-15-7-3-4-9-18(15)31-2/h3-10,12H,11,13H2,1-2H3,(H,24,29)(H2,25,26,27,28). The van der Waals surface area contributed by atoms with Gasteiger partial charge in [0.25, 0.3) is 5.91 Å². The van der Waals surface area contributed by atoms with E-state index in [4.69, 9.17) is 9.47 Å². The normalized spacial score (nSPS) is 10.7. The van der Waals surface area contributed by atoms with Crippen LogP contribution in [0.3, 0.4) is 0 Å². The van der Waals surface area contributed by atoms with E-state index in [-0.39, 0.29) is 18.2 Å². The zero-order valence-electron chi connectivity index (χ0n) is 17.6. The highest BCUT2D eigenvalue weighted by Gasteiger charge is 2.17. The Labute approximate surface area is 188 Å². The van der Waals surface area contributed by atoms with Crippen molar-refractivity contribution in [3.8, 4) is 11.5 Å². The summed E-state index contributed by atoms with van der Waals surface area (Å²) in [6, 6.07) is 16.6. The van der Waals surface area contributed by atoms with Gasteiger partial charge in [0.2, 0.25) is 5.91 Å². The van der Waals surface area contributed by atoms with Gasteiger partial charge >= 0.3 is 0 Å². The van der Waals surface area contributed by atoms with Crippen molar-refractivity contribution in [1.82, 2.24) is 15.5 Å². The molecule has 0 aliphatic heterocycles.